The Balaban J connectivity index is 2.50. The third-order valence-electron chi connectivity index (χ3n) is 6.26. The molecule has 0 spiro atoms. The van der Waals surface area contributed by atoms with E-state index in [4.69, 9.17) is 4.74 Å². The van der Waals surface area contributed by atoms with E-state index in [1.165, 1.54) is 0 Å². The van der Waals surface area contributed by atoms with E-state index in [0.717, 1.165) is 35.1 Å². The zero-order valence-corrected chi connectivity index (χ0v) is 24.1. The number of hydrogen-bond acceptors (Lipinski definition) is 4. The first-order chi connectivity index (χ1) is 18.0. The standard InChI is InChI=1S/C31H45N3O4/c1-8-10-18-32-28(35)27(25-17-16-22(3)23(4)20-25)34(19-9-2)29(36)26(21-24-14-12-11-13-15-24)33-30(37)38-31(5,6)7/h11-17,20,26-27H,8-10,18-19,21H2,1-7H3,(H,32,35)(H,33,37). The Labute approximate surface area is 228 Å². The second-order valence-corrected chi connectivity index (χ2v) is 10.8. The van der Waals surface area contributed by atoms with Crippen molar-refractivity contribution in [2.75, 3.05) is 13.1 Å². The van der Waals surface area contributed by atoms with Gasteiger partial charge in [-0.05, 0) is 69.7 Å². The van der Waals surface area contributed by atoms with Crippen LogP contribution < -0.4 is 10.6 Å². The van der Waals surface area contributed by atoms with Gasteiger partial charge in [0, 0.05) is 19.5 Å². The summed E-state index contributed by atoms with van der Waals surface area (Å²) in [5.41, 5.74) is 3.09. The first-order valence-electron chi connectivity index (χ1n) is 13.7. The molecule has 0 saturated heterocycles. The van der Waals surface area contributed by atoms with Crippen LogP contribution in [0.3, 0.4) is 0 Å². The van der Waals surface area contributed by atoms with Gasteiger partial charge in [-0.15, -0.1) is 0 Å². The molecule has 2 aromatic carbocycles. The molecule has 2 unspecified atom stereocenters. The Morgan fingerprint density at radius 1 is 0.947 bits per heavy atom. The van der Waals surface area contributed by atoms with Crippen molar-refractivity contribution < 1.29 is 19.1 Å². The zero-order chi connectivity index (χ0) is 28.3. The topological polar surface area (TPSA) is 87.7 Å². The number of ether oxygens (including phenoxy) is 1. The van der Waals surface area contributed by atoms with E-state index in [9.17, 15) is 14.4 Å². The molecular weight excluding hydrogens is 478 g/mol. The summed E-state index contributed by atoms with van der Waals surface area (Å²) in [7, 11) is 0. The van der Waals surface area contributed by atoms with Gasteiger partial charge >= 0.3 is 6.09 Å². The molecule has 38 heavy (non-hydrogen) atoms. The first-order valence-corrected chi connectivity index (χ1v) is 13.7. The van der Waals surface area contributed by atoms with E-state index < -0.39 is 23.8 Å². The minimum Gasteiger partial charge on any atom is -0.444 e. The van der Waals surface area contributed by atoms with Gasteiger partial charge in [-0.25, -0.2) is 4.79 Å². The number of unbranched alkanes of at least 4 members (excludes halogenated alkanes) is 1. The van der Waals surface area contributed by atoms with E-state index in [0.29, 0.717) is 19.5 Å². The van der Waals surface area contributed by atoms with Gasteiger partial charge in [-0.1, -0.05) is 68.8 Å². The maximum atomic E-state index is 14.2. The molecule has 3 amide bonds. The van der Waals surface area contributed by atoms with E-state index in [1.54, 1.807) is 25.7 Å². The summed E-state index contributed by atoms with van der Waals surface area (Å²) in [6.45, 7) is 14.3. The Kier molecular flexibility index (Phi) is 11.8. The number of hydrogen-bond donors (Lipinski definition) is 2. The van der Waals surface area contributed by atoms with Crippen molar-refractivity contribution in [3.05, 3.63) is 70.8 Å². The monoisotopic (exact) mass is 523 g/mol. The second-order valence-electron chi connectivity index (χ2n) is 10.8. The van der Waals surface area contributed by atoms with Crippen LogP contribution in [0.4, 0.5) is 4.79 Å². The largest absolute Gasteiger partial charge is 0.444 e. The number of alkyl carbamates (subject to hydrolysis) is 1. The summed E-state index contributed by atoms with van der Waals surface area (Å²) < 4.78 is 5.48. The predicted molar refractivity (Wildman–Crippen MR) is 152 cm³/mol. The van der Waals surface area contributed by atoms with E-state index in [2.05, 4.69) is 17.6 Å². The number of nitrogens with zero attached hydrogens (tertiary/aromatic N) is 1. The number of aryl methyl sites for hydroxylation is 2. The lowest BCUT2D eigenvalue weighted by Crippen LogP contribution is -2.54. The Morgan fingerprint density at radius 3 is 2.21 bits per heavy atom. The minimum absolute atomic E-state index is 0.223. The van der Waals surface area contributed by atoms with Crippen molar-refractivity contribution in [3.63, 3.8) is 0 Å². The smallest absolute Gasteiger partial charge is 0.408 e. The molecule has 7 heteroatoms. The maximum Gasteiger partial charge on any atom is 0.408 e. The zero-order valence-electron chi connectivity index (χ0n) is 24.1. The van der Waals surface area contributed by atoms with Gasteiger partial charge < -0.3 is 20.3 Å². The summed E-state index contributed by atoms with van der Waals surface area (Å²) in [6.07, 6.45) is 2.06. The van der Waals surface area contributed by atoms with Gasteiger partial charge in [0.15, 0.2) is 0 Å². The Bertz CT molecular complexity index is 1060. The Hall–Kier alpha value is -3.35. The fraction of sp³-hybridized carbons (Fsp3) is 0.516. The van der Waals surface area contributed by atoms with Crippen LogP contribution in [0.2, 0.25) is 0 Å². The van der Waals surface area contributed by atoms with Crippen molar-refractivity contribution in [1.29, 1.82) is 0 Å². The Morgan fingerprint density at radius 2 is 1.63 bits per heavy atom. The van der Waals surface area contributed by atoms with Gasteiger partial charge in [-0.3, -0.25) is 9.59 Å². The highest BCUT2D eigenvalue weighted by atomic mass is 16.6. The summed E-state index contributed by atoms with van der Waals surface area (Å²) in [6, 6.07) is 13.7. The van der Waals surface area contributed by atoms with E-state index in [-0.39, 0.29) is 18.2 Å². The number of carbonyl (C=O) groups excluding carboxylic acids is 3. The molecule has 0 aliphatic carbocycles. The van der Waals surface area contributed by atoms with E-state index in [1.807, 2.05) is 69.3 Å². The van der Waals surface area contributed by atoms with Crippen LogP contribution in [-0.4, -0.2) is 47.5 Å². The summed E-state index contributed by atoms with van der Waals surface area (Å²) in [5, 5.41) is 5.82. The van der Waals surface area contributed by atoms with Gasteiger partial charge in [0.05, 0.1) is 0 Å². The average Bonchev–Trinajstić information content (AvgIpc) is 2.84. The van der Waals surface area contributed by atoms with Crippen molar-refractivity contribution in [2.45, 2.75) is 91.8 Å². The third kappa shape index (κ3) is 9.51. The van der Waals surface area contributed by atoms with Gasteiger partial charge in [0.25, 0.3) is 0 Å². The third-order valence-corrected chi connectivity index (χ3v) is 6.26. The number of benzene rings is 2. The number of nitrogens with one attached hydrogen (secondary N) is 2. The fourth-order valence-electron chi connectivity index (χ4n) is 4.20. The molecule has 2 atom stereocenters. The average molecular weight is 524 g/mol. The highest BCUT2D eigenvalue weighted by molar-refractivity contribution is 5.92. The summed E-state index contributed by atoms with van der Waals surface area (Å²) in [4.78, 5) is 42.2. The fourth-order valence-corrected chi connectivity index (χ4v) is 4.20. The number of rotatable bonds is 12. The molecule has 2 rings (SSSR count). The van der Waals surface area contributed by atoms with Crippen molar-refractivity contribution in [1.82, 2.24) is 15.5 Å². The van der Waals surface area contributed by atoms with Crippen LogP contribution >= 0.6 is 0 Å². The van der Waals surface area contributed by atoms with Crippen LogP contribution in [0, 0.1) is 13.8 Å². The van der Waals surface area contributed by atoms with Crippen LogP contribution in [0.25, 0.3) is 0 Å². The molecule has 0 aromatic heterocycles. The lowest BCUT2D eigenvalue weighted by Gasteiger charge is -2.34. The highest BCUT2D eigenvalue weighted by Gasteiger charge is 2.36. The normalized spacial score (nSPS) is 12.8. The number of amides is 3. The minimum atomic E-state index is -0.906. The maximum absolute atomic E-state index is 14.2. The highest BCUT2D eigenvalue weighted by Crippen LogP contribution is 2.26. The van der Waals surface area contributed by atoms with Crippen molar-refractivity contribution in [3.8, 4) is 0 Å². The van der Waals surface area contributed by atoms with E-state index >= 15 is 0 Å². The molecule has 0 bridgehead atoms. The van der Waals surface area contributed by atoms with Crippen LogP contribution in [-0.2, 0) is 20.7 Å². The van der Waals surface area contributed by atoms with Crippen LogP contribution in [0.5, 0.6) is 0 Å². The molecule has 0 aliphatic rings. The quantitative estimate of drug-likeness (QED) is 0.353. The van der Waals surface area contributed by atoms with Gasteiger partial charge in [0.1, 0.15) is 17.7 Å². The van der Waals surface area contributed by atoms with Gasteiger partial charge in [0.2, 0.25) is 11.8 Å². The molecule has 208 valence electrons. The molecule has 2 aromatic rings. The predicted octanol–water partition coefficient (Wildman–Crippen LogP) is 5.64. The molecule has 0 fully saturated rings. The molecule has 0 radical (unpaired) electrons. The summed E-state index contributed by atoms with van der Waals surface area (Å²) in [5.74, 6) is -0.547. The lowest BCUT2D eigenvalue weighted by molar-refractivity contribution is -0.142. The molecule has 2 N–H and O–H groups in total. The number of carbonyl (C=O) groups is 3. The molecule has 0 aliphatic heterocycles. The van der Waals surface area contributed by atoms with Crippen molar-refractivity contribution in [2.24, 2.45) is 0 Å². The molecule has 0 heterocycles. The SMILES string of the molecule is CCCCNC(=O)C(c1ccc(C)c(C)c1)N(CCC)C(=O)C(Cc1ccccc1)NC(=O)OC(C)(C)C. The molecular formula is C31H45N3O4. The summed E-state index contributed by atoms with van der Waals surface area (Å²) >= 11 is 0. The first kappa shape index (κ1) is 30.9. The van der Waals surface area contributed by atoms with Crippen molar-refractivity contribution >= 4 is 17.9 Å². The van der Waals surface area contributed by atoms with Crippen LogP contribution in [0.1, 0.15) is 82.2 Å². The molecule has 0 saturated carbocycles. The van der Waals surface area contributed by atoms with Gasteiger partial charge in [-0.2, -0.15) is 0 Å². The second kappa shape index (κ2) is 14.6. The van der Waals surface area contributed by atoms with Crippen LogP contribution in [0.15, 0.2) is 48.5 Å². The molecule has 7 nitrogen and oxygen atoms in total. The lowest BCUT2D eigenvalue weighted by atomic mass is 9.97.